The second kappa shape index (κ2) is 6.87. The summed E-state index contributed by atoms with van der Waals surface area (Å²) in [4.78, 5) is 0. The summed E-state index contributed by atoms with van der Waals surface area (Å²) in [5.74, 6) is 2.87. The van der Waals surface area contributed by atoms with Crippen LogP contribution >= 0.6 is 11.8 Å². The molecular formula is C11H23NO2S2. The molecule has 3 nitrogen and oxygen atoms in total. The van der Waals surface area contributed by atoms with E-state index in [1.807, 2.05) is 11.8 Å². The van der Waals surface area contributed by atoms with E-state index in [1.54, 1.807) is 0 Å². The van der Waals surface area contributed by atoms with Crippen LogP contribution < -0.4 is 5.32 Å². The molecule has 1 saturated heterocycles. The molecule has 1 rings (SSSR count). The summed E-state index contributed by atoms with van der Waals surface area (Å²) < 4.78 is 22.9. The molecule has 0 saturated carbocycles. The van der Waals surface area contributed by atoms with Crippen molar-refractivity contribution in [1.29, 1.82) is 0 Å². The van der Waals surface area contributed by atoms with Gasteiger partial charge in [0.2, 0.25) is 0 Å². The lowest BCUT2D eigenvalue weighted by molar-refractivity contribution is 0.341. The number of sulfone groups is 1. The summed E-state index contributed by atoms with van der Waals surface area (Å²) in [6.45, 7) is 4.03. The standard InChI is InChI=1S/C11H23NO2S2/c1-3-12-8-10(4-6-15-2)11-5-7-16(13,14)9-11/h10-12H,3-9H2,1-2H3. The Balaban J connectivity index is 2.48. The molecule has 0 aliphatic carbocycles. The molecule has 1 heterocycles. The quantitative estimate of drug-likeness (QED) is 0.756. The van der Waals surface area contributed by atoms with Gasteiger partial charge in [0.1, 0.15) is 0 Å². The summed E-state index contributed by atoms with van der Waals surface area (Å²) >= 11 is 1.84. The molecule has 16 heavy (non-hydrogen) atoms. The lowest BCUT2D eigenvalue weighted by atomic mass is 9.89. The molecule has 0 radical (unpaired) electrons. The van der Waals surface area contributed by atoms with Crippen LogP contribution in [0.4, 0.5) is 0 Å². The molecule has 0 aromatic rings. The van der Waals surface area contributed by atoms with Crippen LogP contribution in [0.3, 0.4) is 0 Å². The van der Waals surface area contributed by atoms with Crippen molar-refractivity contribution < 1.29 is 8.42 Å². The zero-order valence-electron chi connectivity index (χ0n) is 10.2. The van der Waals surface area contributed by atoms with Gasteiger partial charge in [0.05, 0.1) is 11.5 Å². The van der Waals surface area contributed by atoms with E-state index in [2.05, 4.69) is 18.5 Å². The highest BCUT2D eigenvalue weighted by Gasteiger charge is 2.32. The average molecular weight is 265 g/mol. The second-order valence-corrected chi connectivity index (χ2v) is 7.73. The first-order valence-corrected chi connectivity index (χ1v) is 9.20. The van der Waals surface area contributed by atoms with Gasteiger partial charge in [-0.1, -0.05) is 6.92 Å². The fourth-order valence-electron chi connectivity index (χ4n) is 2.30. The molecule has 1 fully saturated rings. The van der Waals surface area contributed by atoms with Crippen molar-refractivity contribution in [3.63, 3.8) is 0 Å². The molecule has 96 valence electrons. The maximum Gasteiger partial charge on any atom is 0.150 e. The Bertz CT molecular complexity index is 282. The van der Waals surface area contributed by atoms with E-state index in [4.69, 9.17) is 0 Å². The lowest BCUT2D eigenvalue weighted by Gasteiger charge is -2.22. The summed E-state index contributed by atoms with van der Waals surface area (Å²) in [6.07, 6.45) is 4.11. The largest absolute Gasteiger partial charge is 0.317 e. The van der Waals surface area contributed by atoms with Crippen LogP contribution in [0.5, 0.6) is 0 Å². The van der Waals surface area contributed by atoms with Crippen molar-refractivity contribution in [2.75, 3.05) is 36.6 Å². The topological polar surface area (TPSA) is 46.2 Å². The van der Waals surface area contributed by atoms with Crippen molar-refractivity contribution in [2.24, 2.45) is 11.8 Å². The summed E-state index contributed by atoms with van der Waals surface area (Å²) in [7, 11) is -2.73. The van der Waals surface area contributed by atoms with Crippen molar-refractivity contribution >= 4 is 21.6 Å². The summed E-state index contributed by atoms with van der Waals surface area (Å²) in [5, 5.41) is 3.36. The molecule has 1 N–H and O–H groups in total. The van der Waals surface area contributed by atoms with E-state index in [9.17, 15) is 8.42 Å². The number of nitrogens with one attached hydrogen (secondary N) is 1. The molecule has 1 aliphatic rings. The zero-order chi connectivity index (χ0) is 12.0. The predicted molar refractivity (Wildman–Crippen MR) is 71.8 cm³/mol. The fourth-order valence-corrected chi connectivity index (χ4v) is 4.76. The van der Waals surface area contributed by atoms with Gasteiger partial charge in [-0.2, -0.15) is 11.8 Å². The van der Waals surface area contributed by atoms with Crippen molar-refractivity contribution in [1.82, 2.24) is 5.32 Å². The first-order chi connectivity index (χ1) is 7.59. The summed E-state index contributed by atoms with van der Waals surface area (Å²) in [5.41, 5.74) is 0. The van der Waals surface area contributed by atoms with E-state index >= 15 is 0 Å². The number of hydrogen-bond acceptors (Lipinski definition) is 4. The molecule has 2 unspecified atom stereocenters. The van der Waals surface area contributed by atoms with Crippen LogP contribution in [0.2, 0.25) is 0 Å². The van der Waals surface area contributed by atoms with Crippen LogP contribution in [0.25, 0.3) is 0 Å². The maximum absolute atomic E-state index is 11.5. The lowest BCUT2D eigenvalue weighted by Crippen LogP contribution is -2.29. The second-order valence-electron chi connectivity index (χ2n) is 4.51. The van der Waals surface area contributed by atoms with Crippen LogP contribution in [0.15, 0.2) is 0 Å². The SMILES string of the molecule is CCNCC(CCSC)C1CCS(=O)(=O)C1. The molecule has 0 amide bonds. The van der Waals surface area contributed by atoms with Gasteiger partial charge in [-0.15, -0.1) is 0 Å². The van der Waals surface area contributed by atoms with Crippen LogP contribution in [0.1, 0.15) is 19.8 Å². The molecule has 0 aromatic heterocycles. The van der Waals surface area contributed by atoms with Gasteiger partial charge in [-0.3, -0.25) is 0 Å². The Morgan fingerprint density at radius 1 is 1.50 bits per heavy atom. The van der Waals surface area contributed by atoms with Gasteiger partial charge in [0.25, 0.3) is 0 Å². The van der Waals surface area contributed by atoms with Crippen LogP contribution in [-0.4, -0.2) is 45.0 Å². The van der Waals surface area contributed by atoms with E-state index in [0.717, 1.165) is 31.7 Å². The minimum absolute atomic E-state index is 0.385. The molecule has 0 spiro atoms. The van der Waals surface area contributed by atoms with Crippen LogP contribution in [0, 0.1) is 11.8 Å². The molecule has 0 aromatic carbocycles. The minimum atomic E-state index is -2.73. The fraction of sp³-hybridized carbons (Fsp3) is 1.00. The Kier molecular flexibility index (Phi) is 6.15. The highest BCUT2D eigenvalue weighted by molar-refractivity contribution is 7.98. The number of rotatable bonds is 7. The van der Waals surface area contributed by atoms with Crippen molar-refractivity contribution in [3.05, 3.63) is 0 Å². The normalized spacial score (nSPS) is 25.8. The average Bonchev–Trinajstić information content (AvgIpc) is 2.59. The van der Waals surface area contributed by atoms with Gasteiger partial charge < -0.3 is 5.32 Å². The number of thioether (sulfide) groups is 1. The first-order valence-electron chi connectivity index (χ1n) is 5.99. The van der Waals surface area contributed by atoms with Crippen molar-refractivity contribution in [3.8, 4) is 0 Å². The van der Waals surface area contributed by atoms with E-state index < -0.39 is 9.84 Å². The Hall–Kier alpha value is 0.260. The van der Waals surface area contributed by atoms with E-state index in [-0.39, 0.29) is 0 Å². The molecule has 5 heteroatoms. The Labute approximate surface area is 104 Å². The zero-order valence-corrected chi connectivity index (χ0v) is 11.9. The molecular weight excluding hydrogens is 242 g/mol. The van der Waals surface area contributed by atoms with E-state index in [0.29, 0.717) is 23.3 Å². The van der Waals surface area contributed by atoms with E-state index in [1.165, 1.54) is 0 Å². The van der Waals surface area contributed by atoms with Gasteiger partial charge in [-0.25, -0.2) is 8.42 Å². The smallest absolute Gasteiger partial charge is 0.150 e. The third kappa shape index (κ3) is 4.63. The molecule has 1 aliphatic heterocycles. The monoisotopic (exact) mass is 265 g/mol. The minimum Gasteiger partial charge on any atom is -0.317 e. The Morgan fingerprint density at radius 3 is 2.75 bits per heavy atom. The Morgan fingerprint density at radius 2 is 2.25 bits per heavy atom. The van der Waals surface area contributed by atoms with Crippen molar-refractivity contribution in [2.45, 2.75) is 19.8 Å². The van der Waals surface area contributed by atoms with Gasteiger partial charge in [0.15, 0.2) is 9.84 Å². The third-order valence-corrected chi connectivity index (χ3v) is 5.72. The highest BCUT2D eigenvalue weighted by Crippen LogP contribution is 2.28. The molecule has 2 atom stereocenters. The van der Waals surface area contributed by atoms with Crippen LogP contribution in [-0.2, 0) is 9.84 Å². The first kappa shape index (κ1) is 14.3. The maximum atomic E-state index is 11.5. The number of hydrogen-bond donors (Lipinski definition) is 1. The van der Waals surface area contributed by atoms with Gasteiger partial charge in [-0.05, 0) is 49.8 Å². The summed E-state index contributed by atoms with van der Waals surface area (Å²) in [6, 6.07) is 0. The van der Waals surface area contributed by atoms with Gasteiger partial charge in [0, 0.05) is 0 Å². The van der Waals surface area contributed by atoms with Gasteiger partial charge >= 0.3 is 0 Å². The third-order valence-electron chi connectivity index (χ3n) is 3.28. The highest BCUT2D eigenvalue weighted by atomic mass is 32.2. The molecule has 0 bridgehead atoms. The predicted octanol–water partition coefficient (Wildman–Crippen LogP) is 1.40.